The first-order chi connectivity index (χ1) is 11.2. The van der Waals surface area contributed by atoms with E-state index in [0.717, 1.165) is 5.56 Å². The number of aliphatic carboxylic acids is 1. The van der Waals surface area contributed by atoms with Crippen LogP contribution in [0.3, 0.4) is 0 Å². The van der Waals surface area contributed by atoms with Crippen molar-refractivity contribution in [3.05, 3.63) is 35.9 Å². The van der Waals surface area contributed by atoms with Crippen molar-refractivity contribution < 1.29 is 19.5 Å². The van der Waals surface area contributed by atoms with Crippen LogP contribution in [-0.2, 0) is 20.8 Å². The molecule has 1 rings (SSSR count). The predicted octanol–water partition coefficient (Wildman–Crippen LogP) is 2.83. The molecule has 0 spiro atoms. The van der Waals surface area contributed by atoms with Gasteiger partial charge in [-0.05, 0) is 23.8 Å². The van der Waals surface area contributed by atoms with E-state index in [9.17, 15) is 14.4 Å². The quantitative estimate of drug-likeness (QED) is 0.728. The molecule has 0 unspecified atom stereocenters. The summed E-state index contributed by atoms with van der Waals surface area (Å²) in [6, 6.07) is 9.79. The van der Waals surface area contributed by atoms with Gasteiger partial charge in [-0.1, -0.05) is 51.1 Å². The molecule has 1 amide bonds. The largest absolute Gasteiger partial charge is 0.481 e. The summed E-state index contributed by atoms with van der Waals surface area (Å²) in [7, 11) is 0. The van der Waals surface area contributed by atoms with Crippen molar-refractivity contribution in [3.8, 4) is 0 Å². The number of carbonyl (C=O) groups is 3. The van der Waals surface area contributed by atoms with E-state index in [1.807, 2.05) is 30.3 Å². The molecule has 5 nitrogen and oxygen atoms in total. The van der Waals surface area contributed by atoms with Crippen molar-refractivity contribution in [2.75, 3.05) is 6.54 Å². The molecule has 1 aromatic rings. The Balaban J connectivity index is 2.63. The Bertz CT molecular complexity index is 560. The van der Waals surface area contributed by atoms with Gasteiger partial charge in [0.1, 0.15) is 0 Å². The molecular weight excluding hydrogens is 306 g/mol. The van der Waals surface area contributed by atoms with Gasteiger partial charge < -0.3 is 10.4 Å². The second-order valence-electron chi connectivity index (χ2n) is 7.30. The van der Waals surface area contributed by atoms with Gasteiger partial charge in [-0.2, -0.15) is 0 Å². The lowest BCUT2D eigenvalue weighted by atomic mass is 9.81. The molecule has 1 atom stereocenters. The lowest BCUT2D eigenvalue weighted by molar-refractivity contribution is -0.138. The number of Topliss-reactive ketones (excluding diaryl/α,β-unsaturated/α-hetero) is 1. The molecule has 0 aliphatic carbocycles. The van der Waals surface area contributed by atoms with Crippen LogP contribution in [0.4, 0.5) is 0 Å². The zero-order chi connectivity index (χ0) is 18.2. The van der Waals surface area contributed by atoms with E-state index < -0.39 is 5.97 Å². The van der Waals surface area contributed by atoms with Crippen molar-refractivity contribution in [2.24, 2.45) is 11.3 Å². The highest BCUT2D eigenvalue weighted by molar-refractivity contribution is 5.88. The van der Waals surface area contributed by atoms with Crippen molar-refractivity contribution >= 4 is 17.7 Å². The average Bonchev–Trinajstić information content (AvgIpc) is 2.49. The van der Waals surface area contributed by atoms with Crippen LogP contribution >= 0.6 is 0 Å². The second-order valence-corrected chi connectivity index (χ2v) is 7.30. The number of carboxylic acids is 1. The van der Waals surface area contributed by atoms with E-state index >= 15 is 0 Å². The molecule has 0 aliphatic rings. The molecule has 24 heavy (non-hydrogen) atoms. The normalized spacial score (nSPS) is 12.5. The fourth-order valence-electron chi connectivity index (χ4n) is 2.56. The Morgan fingerprint density at radius 2 is 1.71 bits per heavy atom. The minimum absolute atomic E-state index is 0.00982. The van der Waals surface area contributed by atoms with Crippen LogP contribution in [-0.4, -0.2) is 29.3 Å². The standard InChI is InChI=1S/C19H27NO4/c1-19(2,3)12-15(11-14-7-5-4-6-8-14)18(24)20-13-16(21)9-10-17(22)23/h4-8,15H,9-13H2,1-3H3,(H,20,24)(H,22,23)/t15-/m1/s1. The van der Waals surface area contributed by atoms with Crippen LogP contribution < -0.4 is 5.32 Å². The van der Waals surface area contributed by atoms with E-state index in [0.29, 0.717) is 12.8 Å². The maximum absolute atomic E-state index is 12.5. The number of carboxylic acid groups (broad SMARTS) is 1. The first-order valence-electron chi connectivity index (χ1n) is 8.22. The first kappa shape index (κ1) is 19.9. The molecule has 5 heteroatoms. The van der Waals surface area contributed by atoms with Crippen molar-refractivity contribution in [1.82, 2.24) is 5.32 Å². The summed E-state index contributed by atoms with van der Waals surface area (Å²) in [5, 5.41) is 11.2. The lowest BCUT2D eigenvalue weighted by Crippen LogP contribution is -2.37. The van der Waals surface area contributed by atoms with Gasteiger partial charge in [0.25, 0.3) is 0 Å². The highest BCUT2D eigenvalue weighted by atomic mass is 16.4. The SMILES string of the molecule is CC(C)(C)C[C@@H](Cc1ccccc1)C(=O)NCC(=O)CCC(=O)O. The summed E-state index contributed by atoms with van der Waals surface area (Å²) < 4.78 is 0. The Morgan fingerprint density at radius 3 is 2.25 bits per heavy atom. The summed E-state index contributed by atoms with van der Waals surface area (Å²) in [4.78, 5) is 34.6. The van der Waals surface area contributed by atoms with Crippen molar-refractivity contribution in [1.29, 1.82) is 0 Å². The van der Waals surface area contributed by atoms with Crippen LogP contribution in [0.25, 0.3) is 0 Å². The van der Waals surface area contributed by atoms with Gasteiger partial charge in [0, 0.05) is 12.3 Å². The van der Waals surface area contributed by atoms with Crippen LogP contribution in [0.2, 0.25) is 0 Å². The lowest BCUT2D eigenvalue weighted by Gasteiger charge is -2.25. The highest BCUT2D eigenvalue weighted by Gasteiger charge is 2.25. The average molecular weight is 333 g/mol. The fraction of sp³-hybridized carbons (Fsp3) is 0.526. The molecule has 0 fully saturated rings. The van der Waals surface area contributed by atoms with E-state index in [1.54, 1.807) is 0 Å². The van der Waals surface area contributed by atoms with Gasteiger partial charge in [0.2, 0.25) is 5.91 Å². The third-order valence-electron chi connectivity index (χ3n) is 3.63. The number of hydrogen-bond donors (Lipinski definition) is 2. The van der Waals surface area contributed by atoms with Gasteiger partial charge in [-0.3, -0.25) is 14.4 Å². The highest BCUT2D eigenvalue weighted by Crippen LogP contribution is 2.27. The summed E-state index contributed by atoms with van der Waals surface area (Å²) in [5.74, 6) is -1.65. The van der Waals surface area contributed by atoms with Gasteiger partial charge >= 0.3 is 5.97 Å². The van der Waals surface area contributed by atoms with Crippen LogP contribution in [0, 0.1) is 11.3 Å². The minimum atomic E-state index is -1.01. The van der Waals surface area contributed by atoms with Gasteiger partial charge in [-0.25, -0.2) is 0 Å². The summed E-state index contributed by atoms with van der Waals surface area (Å²) in [6.45, 7) is 6.13. The van der Waals surface area contributed by atoms with Gasteiger partial charge in [0.15, 0.2) is 5.78 Å². The van der Waals surface area contributed by atoms with Crippen LogP contribution in [0.5, 0.6) is 0 Å². The molecule has 0 saturated carbocycles. The zero-order valence-corrected chi connectivity index (χ0v) is 14.7. The Kier molecular flexibility index (Phi) is 7.62. The summed E-state index contributed by atoms with van der Waals surface area (Å²) in [6.07, 6.45) is 1.06. The number of amides is 1. The second kappa shape index (κ2) is 9.21. The minimum Gasteiger partial charge on any atom is -0.481 e. The third-order valence-corrected chi connectivity index (χ3v) is 3.63. The zero-order valence-electron chi connectivity index (χ0n) is 14.7. The predicted molar refractivity (Wildman–Crippen MR) is 92.6 cm³/mol. The number of ketones is 1. The molecule has 0 radical (unpaired) electrons. The molecule has 0 heterocycles. The molecule has 0 aromatic heterocycles. The van der Waals surface area contributed by atoms with E-state index in [-0.39, 0.29) is 42.4 Å². The monoisotopic (exact) mass is 333 g/mol. The topological polar surface area (TPSA) is 83.5 Å². The molecule has 132 valence electrons. The number of rotatable bonds is 9. The van der Waals surface area contributed by atoms with E-state index in [2.05, 4.69) is 26.1 Å². The maximum atomic E-state index is 12.5. The third kappa shape index (κ3) is 8.46. The maximum Gasteiger partial charge on any atom is 0.303 e. The van der Waals surface area contributed by atoms with Gasteiger partial charge in [0.05, 0.1) is 13.0 Å². The molecule has 2 N–H and O–H groups in total. The van der Waals surface area contributed by atoms with E-state index in [4.69, 9.17) is 5.11 Å². The number of carbonyl (C=O) groups excluding carboxylic acids is 2. The Labute approximate surface area is 143 Å². The number of nitrogens with one attached hydrogen (secondary N) is 1. The Hall–Kier alpha value is -2.17. The van der Waals surface area contributed by atoms with Crippen LogP contribution in [0.15, 0.2) is 30.3 Å². The first-order valence-corrected chi connectivity index (χ1v) is 8.22. The van der Waals surface area contributed by atoms with Gasteiger partial charge in [-0.15, -0.1) is 0 Å². The number of hydrogen-bond acceptors (Lipinski definition) is 3. The Morgan fingerprint density at radius 1 is 1.08 bits per heavy atom. The fourth-order valence-corrected chi connectivity index (χ4v) is 2.56. The van der Waals surface area contributed by atoms with Crippen molar-refractivity contribution in [2.45, 2.75) is 46.5 Å². The smallest absolute Gasteiger partial charge is 0.303 e. The van der Waals surface area contributed by atoms with Crippen molar-refractivity contribution in [3.63, 3.8) is 0 Å². The molecule has 0 saturated heterocycles. The molecule has 0 bridgehead atoms. The molecular formula is C19H27NO4. The summed E-state index contributed by atoms with van der Waals surface area (Å²) in [5.41, 5.74) is 1.07. The molecule has 1 aromatic carbocycles. The number of benzene rings is 1. The summed E-state index contributed by atoms with van der Waals surface area (Å²) >= 11 is 0. The molecule has 0 aliphatic heterocycles. The van der Waals surface area contributed by atoms with E-state index in [1.165, 1.54) is 0 Å². The van der Waals surface area contributed by atoms with Crippen LogP contribution in [0.1, 0.15) is 45.6 Å².